The molecule has 2 aromatic rings. The van der Waals surface area contributed by atoms with E-state index in [1.54, 1.807) is 0 Å². The normalized spacial score (nSPS) is 11.8. The summed E-state index contributed by atoms with van der Waals surface area (Å²) in [6.07, 6.45) is -4.55. The van der Waals surface area contributed by atoms with Gasteiger partial charge < -0.3 is 0 Å². The lowest BCUT2D eigenvalue weighted by atomic mass is 10.2. The first kappa shape index (κ1) is 12.9. The predicted octanol–water partition coefficient (Wildman–Crippen LogP) is 2.90. The monoisotopic (exact) mass is 295 g/mol. The van der Waals surface area contributed by atoms with Crippen LogP contribution in [0.4, 0.5) is 13.2 Å². The number of aromatic nitrogens is 3. The fourth-order valence-electron chi connectivity index (χ4n) is 1.41. The molecule has 0 unspecified atom stereocenters. The van der Waals surface area contributed by atoms with Gasteiger partial charge in [0, 0.05) is 5.02 Å². The summed E-state index contributed by atoms with van der Waals surface area (Å²) >= 11 is 10.4. The molecule has 1 aromatic carbocycles. The average molecular weight is 296 g/mol. The molecule has 1 heterocycles. The summed E-state index contributed by atoms with van der Waals surface area (Å²) in [4.78, 5) is 11.4. The van der Waals surface area contributed by atoms with E-state index in [2.05, 4.69) is 10.2 Å². The third kappa shape index (κ3) is 2.34. The van der Waals surface area contributed by atoms with Gasteiger partial charge in [-0.2, -0.15) is 13.2 Å². The fraction of sp³-hybridized carbons (Fsp3) is 0.111. The van der Waals surface area contributed by atoms with Gasteiger partial charge in [0.2, 0.25) is 4.77 Å². The van der Waals surface area contributed by atoms with Crippen LogP contribution in [0.15, 0.2) is 23.0 Å². The smallest absolute Gasteiger partial charge is 0.272 e. The molecule has 9 heteroatoms. The Bertz CT molecular complexity index is 673. The van der Waals surface area contributed by atoms with E-state index >= 15 is 0 Å². The largest absolute Gasteiger partial charge is 0.416 e. The summed E-state index contributed by atoms with van der Waals surface area (Å²) in [5, 5.41) is 4.36. The molecule has 0 aliphatic rings. The predicted molar refractivity (Wildman–Crippen MR) is 61.6 cm³/mol. The molecule has 2 rings (SSSR count). The van der Waals surface area contributed by atoms with Crippen molar-refractivity contribution in [2.24, 2.45) is 0 Å². The molecule has 0 amide bonds. The quantitative estimate of drug-likeness (QED) is 0.795. The number of rotatable bonds is 1. The minimum atomic E-state index is -4.55. The molecule has 0 bridgehead atoms. The summed E-state index contributed by atoms with van der Waals surface area (Å²) in [5.41, 5.74) is -1.68. The number of nitrogens with one attached hydrogen (secondary N) is 2. The zero-order chi connectivity index (χ0) is 13.5. The van der Waals surface area contributed by atoms with E-state index in [0.29, 0.717) is 0 Å². The summed E-state index contributed by atoms with van der Waals surface area (Å²) in [7, 11) is 0. The molecule has 0 aliphatic carbocycles. The van der Waals surface area contributed by atoms with Gasteiger partial charge in [0.15, 0.2) is 0 Å². The van der Waals surface area contributed by atoms with Gasteiger partial charge in [-0.15, -0.1) is 0 Å². The van der Waals surface area contributed by atoms with Crippen LogP contribution in [0, 0.1) is 4.77 Å². The van der Waals surface area contributed by atoms with Gasteiger partial charge in [-0.3, -0.25) is 5.10 Å². The summed E-state index contributed by atoms with van der Waals surface area (Å²) in [5.74, 6) is 0. The van der Waals surface area contributed by atoms with Crippen LogP contribution in [-0.4, -0.2) is 14.8 Å². The van der Waals surface area contributed by atoms with Gasteiger partial charge in [0.1, 0.15) is 0 Å². The highest BCUT2D eigenvalue weighted by Gasteiger charge is 2.31. The number of aromatic amines is 2. The van der Waals surface area contributed by atoms with E-state index in [9.17, 15) is 18.0 Å². The van der Waals surface area contributed by atoms with Gasteiger partial charge in [0.25, 0.3) is 0 Å². The molecule has 18 heavy (non-hydrogen) atoms. The van der Waals surface area contributed by atoms with Crippen molar-refractivity contribution in [2.75, 3.05) is 0 Å². The van der Waals surface area contributed by atoms with E-state index in [-0.39, 0.29) is 15.5 Å². The van der Waals surface area contributed by atoms with Crippen molar-refractivity contribution in [1.82, 2.24) is 14.8 Å². The molecule has 96 valence electrons. The third-order valence-corrected chi connectivity index (χ3v) is 2.65. The zero-order valence-electron chi connectivity index (χ0n) is 8.51. The van der Waals surface area contributed by atoms with Crippen LogP contribution in [0.3, 0.4) is 0 Å². The van der Waals surface area contributed by atoms with Crippen LogP contribution in [0.2, 0.25) is 5.02 Å². The fourth-order valence-corrected chi connectivity index (χ4v) is 1.88. The maximum absolute atomic E-state index is 12.6. The van der Waals surface area contributed by atoms with E-state index in [0.717, 1.165) is 16.7 Å². The molecule has 0 fully saturated rings. The highest BCUT2D eigenvalue weighted by atomic mass is 35.5. The molecule has 2 N–H and O–H groups in total. The summed E-state index contributed by atoms with van der Waals surface area (Å²) < 4.78 is 38.6. The molecule has 1 aromatic heterocycles. The van der Waals surface area contributed by atoms with E-state index in [1.165, 1.54) is 6.07 Å². The van der Waals surface area contributed by atoms with Crippen LogP contribution in [0.1, 0.15) is 5.56 Å². The maximum Gasteiger partial charge on any atom is 0.416 e. The van der Waals surface area contributed by atoms with Crippen molar-refractivity contribution in [3.8, 4) is 5.69 Å². The first-order valence-electron chi connectivity index (χ1n) is 4.57. The average Bonchev–Trinajstić information content (AvgIpc) is 2.56. The van der Waals surface area contributed by atoms with Crippen molar-refractivity contribution >= 4 is 23.8 Å². The Morgan fingerprint density at radius 3 is 2.39 bits per heavy atom. The lowest BCUT2D eigenvalue weighted by Crippen LogP contribution is -2.16. The van der Waals surface area contributed by atoms with Gasteiger partial charge in [0.05, 0.1) is 11.3 Å². The molecular formula is C9H5ClF3N3OS. The van der Waals surface area contributed by atoms with Crippen LogP contribution < -0.4 is 5.69 Å². The van der Waals surface area contributed by atoms with Gasteiger partial charge in [-0.1, -0.05) is 11.6 Å². The van der Waals surface area contributed by atoms with Crippen LogP contribution in [0.5, 0.6) is 0 Å². The van der Waals surface area contributed by atoms with Crippen LogP contribution >= 0.6 is 23.8 Å². The Balaban J connectivity index is 2.71. The Morgan fingerprint density at radius 1 is 1.22 bits per heavy atom. The number of nitrogens with zero attached hydrogens (tertiary/aromatic N) is 1. The number of H-pyrrole nitrogens is 2. The highest BCUT2D eigenvalue weighted by molar-refractivity contribution is 7.71. The lowest BCUT2D eigenvalue weighted by Gasteiger charge is -2.09. The van der Waals surface area contributed by atoms with E-state index < -0.39 is 17.4 Å². The van der Waals surface area contributed by atoms with Crippen LogP contribution in [0.25, 0.3) is 5.69 Å². The highest BCUT2D eigenvalue weighted by Crippen LogP contribution is 2.32. The third-order valence-electron chi connectivity index (χ3n) is 2.15. The molecular weight excluding hydrogens is 291 g/mol. The van der Waals surface area contributed by atoms with Crippen molar-refractivity contribution in [3.63, 3.8) is 0 Å². The van der Waals surface area contributed by atoms with Crippen molar-refractivity contribution in [2.45, 2.75) is 6.18 Å². The Labute approximate surface area is 108 Å². The van der Waals surface area contributed by atoms with E-state index in [4.69, 9.17) is 23.8 Å². The second-order valence-corrected chi connectivity index (χ2v) is 4.21. The SMILES string of the molecule is O=c1[nH][nH]c(=S)n1-c1cc(Cl)cc(C(F)(F)F)c1. The summed E-state index contributed by atoms with van der Waals surface area (Å²) in [6.45, 7) is 0. The maximum atomic E-state index is 12.6. The molecule has 0 atom stereocenters. The number of halogens is 4. The van der Waals surface area contributed by atoms with Gasteiger partial charge >= 0.3 is 11.9 Å². The molecule has 0 saturated heterocycles. The minimum Gasteiger partial charge on any atom is -0.272 e. The number of alkyl halides is 3. The molecule has 0 aliphatic heterocycles. The summed E-state index contributed by atoms with van der Waals surface area (Å²) in [6, 6.07) is 2.79. The number of hydrogen-bond acceptors (Lipinski definition) is 2. The standard InChI is InChI=1S/C9H5ClF3N3OS/c10-5-1-4(9(11,12)13)2-6(3-5)16-7(17)14-15-8(16)18/h1-3H,(H,14,17)(H,15,18). The van der Waals surface area contributed by atoms with Crippen molar-refractivity contribution < 1.29 is 13.2 Å². The van der Waals surface area contributed by atoms with Crippen LogP contribution in [-0.2, 0) is 6.18 Å². The van der Waals surface area contributed by atoms with Crippen molar-refractivity contribution in [3.05, 3.63) is 44.0 Å². The second kappa shape index (κ2) is 4.29. The lowest BCUT2D eigenvalue weighted by molar-refractivity contribution is -0.137. The molecule has 0 saturated carbocycles. The molecule has 0 radical (unpaired) electrons. The first-order chi connectivity index (χ1) is 8.29. The molecule has 4 nitrogen and oxygen atoms in total. The second-order valence-electron chi connectivity index (χ2n) is 3.39. The Kier molecular flexibility index (Phi) is 3.07. The minimum absolute atomic E-state index is 0.0459. The number of benzene rings is 1. The van der Waals surface area contributed by atoms with Crippen molar-refractivity contribution in [1.29, 1.82) is 0 Å². The zero-order valence-corrected chi connectivity index (χ0v) is 10.1. The van der Waals surface area contributed by atoms with Gasteiger partial charge in [-0.05, 0) is 30.4 Å². The number of hydrogen-bond donors (Lipinski definition) is 2. The first-order valence-corrected chi connectivity index (χ1v) is 5.35. The molecule has 0 spiro atoms. The van der Waals surface area contributed by atoms with Gasteiger partial charge in [-0.25, -0.2) is 14.5 Å². The Hall–Kier alpha value is -1.54. The Morgan fingerprint density at radius 2 is 1.89 bits per heavy atom. The van der Waals surface area contributed by atoms with E-state index in [1.807, 2.05) is 0 Å². The topological polar surface area (TPSA) is 53.6 Å².